The van der Waals surface area contributed by atoms with Gasteiger partial charge in [-0.1, -0.05) is 19.8 Å². The fraction of sp³-hybridized carbons (Fsp3) is 0.857. The van der Waals surface area contributed by atoms with Gasteiger partial charge in [-0.2, -0.15) is 0 Å². The highest BCUT2D eigenvalue weighted by Gasteiger charge is 2.36. The predicted octanol–water partition coefficient (Wildman–Crippen LogP) is 2.11. The third-order valence-corrected chi connectivity index (χ3v) is 3.92. The maximum Gasteiger partial charge on any atom is 0.0330 e. The quantitative estimate of drug-likeness (QED) is 0.566. The Morgan fingerprint density at radius 1 is 1.50 bits per heavy atom. The van der Waals surface area contributed by atoms with Crippen molar-refractivity contribution >= 4 is 0 Å². The Bertz CT molecular complexity index is 242. The highest BCUT2D eigenvalue weighted by molar-refractivity contribution is 4.95. The monoisotopic (exact) mass is 222 g/mol. The number of likely N-dealkylation sites (N-methyl/N-ethyl adjacent to an activating group) is 1. The summed E-state index contributed by atoms with van der Waals surface area (Å²) >= 11 is 0. The van der Waals surface area contributed by atoms with Crippen molar-refractivity contribution in [1.29, 1.82) is 0 Å². The molecular weight excluding hydrogens is 196 g/mol. The van der Waals surface area contributed by atoms with Gasteiger partial charge in [0.1, 0.15) is 0 Å². The summed E-state index contributed by atoms with van der Waals surface area (Å²) in [6.45, 7) is 4.39. The summed E-state index contributed by atoms with van der Waals surface area (Å²) in [6, 6.07) is 0. The van der Waals surface area contributed by atoms with Crippen LogP contribution in [0, 0.1) is 18.3 Å². The Hall–Kier alpha value is -0.520. The molecule has 0 spiro atoms. The van der Waals surface area contributed by atoms with Gasteiger partial charge in [-0.15, -0.1) is 12.3 Å². The van der Waals surface area contributed by atoms with Crippen LogP contribution in [-0.2, 0) is 0 Å². The van der Waals surface area contributed by atoms with E-state index in [1.807, 2.05) is 0 Å². The zero-order valence-corrected chi connectivity index (χ0v) is 11.1. The summed E-state index contributed by atoms with van der Waals surface area (Å²) < 4.78 is 0. The van der Waals surface area contributed by atoms with Crippen molar-refractivity contribution in [2.45, 2.75) is 44.6 Å². The zero-order chi connectivity index (χ0) is 12.0. The molecule has 0 aromatic rings. The van der Waals surface area contributed by atoms with E-state index in [1.54, 1.807) is 0 Å². The van der Waals surface area contributed by atoms with Crippen LogP contribution in [0.2, 0.25) is 0 Å². The van der Waals surface area contributed by atoms with Gasteiger partial charge in [0.05, 0.1) is 0 Å². The summed E-state index contributed by atoms with van der Waals surface area (Å²) in [7, 11) is 4.42. The molecular formula is C14H26N2. The molecule has 2 heteroatoms. The molecule has 1 N–H and O–H groups in total. The summed E-state index contributed by atoms with van der Waals surface area (Å²) in [5.41, 5.74) is 0.353. The topological polar surface area (TPSA) is 15.3 Å². The lowest BCUT2D eigenvalue weighted by molar-refractivity contribution is 0.0756. The van der Waals surface area contributed by atoms with E-state index >= 15 is 0 Å². The Labute approximate surface area is 101 Å². The van der Waals surface area contributed by atoms with E-state index in [0.717, 1.165) is 25.4 Å². The number of nitrogens with zero attached hydrogens (tertiary/aromatic N) is 1. The minimum Gasteiger partial charge on any atom is -0.314 e. The number of rotatable bonds is 5. The molecule has 0 amide bonds. The van der Waals surface area contributed by atoms with Crippen molar-refractivity contribution in [1.82, 2.24) is 10.2 Å². The fourth-order valence-electron chi connectivity index (χ4n) is 2.84. The first kappa shape index (κ1) is 13.5. The maximum absolute atomic E-state index is 5.26. The Balaban J connectivity index is 2.48. The molecule has 2 unspecified atom stereocenters. The van der Waals surface area contributed by atoms with Crippen molar-refractivity contribution in [2.75, 3.05) is 27.2 Å². The van der Waals surface area contributed by atoms with E-state index in [9.17, 15) is 0 Å². The second kappa shape index (κ2) is 6.27. The summed E-state index contributed by atoms with van der Waals surface area (Å²) in [6.07, 6.45) is 11.5. The Morgan fingerprint density at radius 2 is 2.25 bits per heavy atom. The van der Waals surface area contributed by atoms with Gasteiger partial charge in [-0.05, 0) is 32.9 Å². The van der Waals surface area contributed by atoms with Crippen LogP contribution in [0.15, 0.2) is 0 Å². The van der Waals surface area contributed by atoms with Gasteiger partial charge in [0.15, 0.2) is 0 Å². The van der Waals surface area contributed by atoms with Crippen molar-refractivity contribution < 1.29 is 0 Å². The SMILES string of the molecule is C#CCCNCC1(N(C)C)CCCC(C)C1. The molecule has 0 bridgehead atoms. The first-order valence-electron chi connectivity index (χ1n) is 6.42. The van der Waals surface area contributed by atoms with E-state index in [-0.39, 0.29) is 0 Å². The lowest BCUT2D eigenvalue weighted by Crippen LogP contribution is -2.54. The molecule has 0 saturated heterocycles. The van der Waals surface area contributed by atoms with Crippen LogP contribution in [-0.4, -0.2) is 37.6 Å². The van der Waals surface area contributed by atoms with E-state index in [0.29, 0.717) is 5.54 Å². The molecule has 0 aromatic carbocycles. The number of hydrogen-bond acceptors (Lipinski definition) is 2. The van der Waals surface area contributed by atoms with Gasteiger partial charge < -0.3 is 10.2 Å². The van der Waals surface area contributed by atoms with Crippen LogP contribution in [0.25, 0.3) is 0 Å². The number of nitrogens with one attached hydrogen (secondary N) is 1. The molecule has 1 rings (SSSR count). The third-order valence-electron chi connectivity index (χ3n) is 3.92. The van der Waals surface area contributed by atoms with Crippen LogP contribution in [0.4, 0.5) is 0 Å². The average Bonchev–Trinajstić information content (AvgIpc) is 2.24. The standard InChI is InChI=1S/C14H26N2/c1-5-6-10-15-12-14(16(3)4)9-7-8-13(2)11-14/h1,13,15H,6-12H2,2-4H3. The van der Waals surface area contributed by atoms with Crippen molar-refractivity contribution in [3.63, 3.8) is 0 Å². The number of terminal acetylenes is 1. The van der Waals surface area contributed by atoms with E-state index < -0.39 is 0 Å². The molecule has 0 heterocycles. The second-order valence-electron chi connectivity index (χ2n) is 5.45. The van der Waals surface area contributed by atoms with E-state index in [1.165, 1.54) is 25.7 Å². The summed E-state index contributed by atoms with van der Waals surface area (Å²) in [5.74, 6) is 3.53. The van der Waals surface area contributed by atoms with Gasteiger partial charge >= 0.3 is 0 Å². The lowest BCUT2D eigenvalue weighted by Gasteiger charge is -2.45. The second-order valence-corrected chi connectivity index (χ2v) is 5.45. The smallest absolute Gasteiger partial charge is 0.0330 e. The number of hydrogen-bond donors (Lipinski definition) is 1. The van der Waals surface area contributed by atoms with Gasteiger partial charge in [0, 0.05) is 25.0 Å². The van der Waals surface area contributed by atoms with Crippen LogP contribution in [0.1, 0.15) is 39.0 Å². The Kier molecular flexibility index (Phi) is 5.31. The molecule has 0 radical (unpaired) electrons. The summed E-state index contributed by atoms with van der Waals surface area (Å²) in [5, 5.41) is 3.51. The molecule has 2 atom stereocenters. The predicted molar refractivity (Wildman–Crippen MR) is 70.4 cm³/mol. The van der Waals surface area contributed by atoms with Gasteiger partial charge in [-0.3, -0.25) is 0 Å². The molecule has 16 heavy (non-hydrogen) atoms. The van der Waals surface area contributed by atoms with Gasteiger partial charge in [0.2, 0.25) is 0 Å². The van der Waals surface area contributed by atoms with Gasteiger partial charge in [0.25, 0.3) is 0 Å². The lowest BCUT2D eigenvalue weighted by atomic mass is 9.75. The highest BCUT2D eigenvalue weighted by atomic mass is 15.2. The van der Waals surface area contributed by atoms with Crippen LogP contribution < -0.4 is 5.32 Å². The van der Waals surface area contributed by atoms with Crippen molar-refractivity contribution in [3.8, 4) is 12.3 Å². The first-order chi connectivity index (χ1) is 7.60. The normalized spacial score (nSPS) is 30.3. The minimum atomic E-state index is 0.353. The highest BCUT2D eigenvalue weighted by Crippen LogP contribution is 2.35. The molecule has 0 aromatic heterocycles. The molecule has 1 fully saturated rings. The van der Waals surface area contributed by atoms with Gasteiger partial charge in [-0.25, -0.2) is 0 Å². The first-order valence-corrected chi connectivity index (χ1v) is 6.42. The summed E-state index contributed by atoms with van der Waals surface area (Å²) in [4.78, 5) is 2.41. The fourth-order valence-corrected chi connectivity index (χ4v) is 2.84. The Morgan fingerprint density at radius 3 is 2.81 bits per heavy atom. The van der Waals surface area contributed by atoms with Crippen LogP contribution in [0.5, 0.6) is 0 Å². The molecule has 1 saturated carbocycles. The van der Waals surface area contributed by atoms with Crippen LogP contribution >= 0.6 is 0 Å². The van der Waals surface area contributed by atoms with Crippen LogP contribution in [0.3, 0.4) is 0 Å². The zero-order valence-electron chi connectivity index (χ0n) is 11.1. The largest absolute Gasteiger partial charge is 0.314 e. The molecule has 92 valence electrons. The van der Waals surface area contributed by atoms with E-state index in [4.69, 9.17) is 6.42 Å². The van der Waals surface area contributed by atoms with Crippen molar-refractivity contribution in [3.05, 3.63) is 0 Å². The minimum absolute atomic E-state index is 0.353. The van der Waals surface area contributed by atoms with Crippen molar-refractivity contribution in [2.24, 2.45) is 5.92 Å². The molecule has 1 aliphatic carbocycles. The molecule has 1 aliphatic rings. The maximum atomic E-state index is 5.26. The third kappa shape index (κ3) is 3.50. The molecule has 0 aliphatic heterocycles. The average molecular weight is 222 g/mol. The molecule has 2 nitrogen and oxygen atoms in total. The van der Waals surface area contributed by atoms with E-state index in [2.05, 4.69) is 37.2 Å².